The molecular formula is C51H31N3O. The molecule has 55 heavy (non-hydrogen) atoms. The van der Waals surface area contributed by atoms with E-state index in [1.54, 1.807) is 0 Å². The van der Waals surface area contributed by atoms with Crippen molar-refractivity contribution < 1.29 is 4.42 Å². The molecule has 2 aromatic heterocycles. The molecule has 0 bridgehead atoms. The average molecular weight is 702 g/mol. The van der Waals surface area contributed by atoms with E-state index in [0.29, 0.717) is 17.5 Å². The molecule has 0 spiro atoms. The van der Waals surface area contributed by atoms with E-state index >= 15 is 0 Å². The van der Waals surface area contributed by atoms with Crippen LogP contribution in [0, 0.1) is 0 Å². The van der Waals surface area contributed by atoms with Crippen molar-refractivity contribution in [1.82, 2.24) is 15.0 Å². The fourth-order valence-corrected chi connectivity index (χ4v) is 7.96. The number of hydrogen-bond donors (Lipinski definition) is 0. The number of rotatable bonds is 5. The Morgan fingerprint density at radius 3 is 1.60 bits per heavy atom. The van der Waals surface area contributed by atoms with Gasteiger partial charge in [0.15, 0.2) is 17.5 Å². The molecule has 0 N–H and O–H groups in total. The van der Waals surface area contributed by atoms with Crippen LogP contribution < -0.4 is 0 Å². The molecule has 4 nitrogen and oxygen atoms in total. The van der Waals surface area contributed by atoms with Crippen LogP contribution in [-0.2, 0) is 0 Å². The SMILES string of the molecule is c1ccc(-c2ccc3cc(-c4nc(-c5ccc6ccccc6c5)nc(-c5cc6c7ccccc7oc6c6c(-c7ccccc7)cccc56)n4)ccc3c2)cc1. The molecule has 0 saturated heterocycles. The van der Waals surface area contributed by atoms with Gasteiger partial charge in [0.2, 0.25) is 0 Å². The maximum absolute atomic E-state index is 6.67. The smallest absolute Gasteiger partial charge is 0.164 e. The second-order valence-electron chi connectivity index (χ2n) is 14.0. The van der Waals surface area contributed by atoms with Crippen LogP contribution in [0.5, 0.6) is 0 Å². The molecule has 0 amide bonds. The number of fused-ring (bicyclic) bond motifs is 7. The van der Waals surface area contributed by atoms with Crippen molar-refractivity contribution in [1.29, 1.82) is 0 Å². The maximum atomic E-state index is 6.67. The van der Waals surface area contributed by atoms with Crippen molar-refractivity contribution >= 4 is 54.3 Å². The normalized spacial score (nSPS) is 11.6. The van der Waals surface area contributed by atoms with Gasteiger partial charge >= 0.3 is 0 Å². The van der Waals surface area contributed by atoms with E-state index in [1.165, 1.54) is 16.5 Å². The van der Waals surface area contributed by atoms with Crippen LogP contribution in [-0.4, -0.2) is 15.0 Å². The molecule has 11 aromatic rings. The zero-order valence-corrected chi connectivity index (χ0v) is 29.6. The number of para-hydroxylation sites is 1. The predicted molar refractivity (Wildman–Crippen MR) is 227 cm³/mol. The fraction of sp³-hybridized carbons (Fsp3) is 0. The van der Waals surface area contributed by atoms with Gasteiger partial charge in [0.25, 0.3) is 0 Å². The summed E-state index contributed by atoms with van der Waals surface area (Å²) < 4.78 is 6.67. The molecule has 256 valence electrons. The lowest BCUT2D eigenvalue weighted by Gasteiger charge is -2.14. The molecule has 9 aromatic carbocycles. The van der Waals surface area contributed by atoms with Gasteiger partial charge in [-0.2, -0.15) is 0 Å². The lowest BCUT2D eigenvalue weighted by atomic mass is 9.93. The summed E-state index contributed by atoms with van der Waals surface area (Å²) in [6.45, 7) is 0. The predicted octanol–water partition coefficient (Wildman–Crippen LogP) is 13.6. The Labute approximate surface area is 317 Å². The summed E-state index contributed by atoms with van der Waals surface area (Å²) in [6.07, 6.45) is 0. The van der Waals surface area contributed by atoms with E-state index in [-0.39, 0.29) is 0 Å². The molecular weight excluding hydrogens is 671 g/mol. The highest BCUT2D eigenvalue weighted by Gasteiger charge is 2.21. The molecule has 0 atom stereocenters. The first kappa shape index (κ1) is 31.1. The molecule has 0 aliphatic carbocycles. The van der Waals surface area contributed by atoms with Gasteiger partial charge in [-0.25, -0.2) is 15.0 Å². The largest absolute Gasteiger partial charge is 0.455 e. The van der Waals surface area contributed by atoms with Crippen molar-refractivity contribution in [3.63, 3.8) is 0 Å². The van der Waals surface area contributed by atoms with Crippen molar-refractivity contribution in [2.45, 2.75) is 0 Å². The van der Waals surface area contributed by atoms with Gasteiger partial charge in [-0.15, -0.1) is 0 Å². The van der Waals surface area contributed by atoms with Gasteiger partial charge in [-0.1, -0.05) is 158 Å². The van der Waals surface area contributed by atoms with Gasteiger partial charge in [-0.05, 0) is 79.5 Å². The number of furan rings is 1. The van der Waals surface area contributed by atoms with Gasteiger partial charge < -0.3 is 4.42 Å². The minimum atomic E-state index is 0.607. The summed E-state index contributed by atoms with van der Waals surface area (Å²) >= 11 is 0. The Bertz CT molecular complexity index is 3260. The second-order valence-corrected chi connectivity index (χ2v) is 14.0. The minimum absolute atomic E-state index is 0.607. The monoisotopic (exact) mass is 701 g/mol. The summed E-state index contributed by atoms with van der Waals surface area (Å²) in [4.78, 5) is 15.8. The highest BCUT2D eigenvalue weighted by atomic mass is 16.3. The zero-order chi connectivity index (χ0) is 36.3. The minimum Gasteiger partial charge on any atom is -0.455 e. The number of aromatic nitrogens is 3. The average Bonchev–Trinajstić information content (AvgIpc) is 3.64. The number of hydrogen-bond acceptors (Lipinski definition) is 4. The first-order chi connectivity index (χ1) is 27.2. The lowest BCUT2D eigenvalue weighted by Crippen LogP contribution is -2.01. The second kappa shape index (κ2) is 12.6. The third-order valence-electron chi connectivity index (χ3n) is 10.7. The number of benzene rings is 9. The highest BCUT2D eigenvalue weighted by molar-refractivity contribution is 6.22. The van der Waals surface area contributed by atoms with Crippen molar-refractivity contribution in [3.8, 4) is 56.4 Å². The van der Waals surface area contributed by atoms with Crippen LogP contribution in [0.15, 0.2) is 192 Å². The Morgan fingerprint density at radius 1 is 0.309 bits per heavy atom. The van der Waals surface area contributed by atoms with Gasteiger partial charge in [0, 0.05) is 32.8 Å². The maximum Gasteiger partial charge on any atom is 0.164 e. The van der Waals surface area contributed by atoms with E-state index in [4.69, 9.17) is 19.4 Å². The highest BCUT2D eigenvalue weighted by Crippen LogP contribution is 2.43. The van der Waals surface area contributed by atoms with Crippen LogP contribution in [0.2, 0.25) is 0 Å². The molecule has 0 fully saturated rings. The van der Waals surface area contributed by atoms with Crippen molar-refractivity contribution in [3.05, 3.63) is 188 Å². The molecule has 11 rings (SSSR count). The lowest BCUT2D eigenvalue weighted by molar-refractivity contribution is 0.673. The van der Waals surface area contributed by atoms with Crippen LogP contribution in [0.1, 0.15) is 0 Å². The van der Waals surface area contributed by atoms with Gasteiger partial charge in [-0.3, -0.25) is 0 Å². The molecule has 0 aliphatic heterocycles. The number of nitrogens with zero attached hydrogens (tertiary/aromatic N) is 3. The first-order valence-electron chi connectivity index (χ1n) is 18.5. The van der Waals surface area contributed by atoms with Crippen LogP contribution in [0.4, 0.5) is 0 Å². The Balaban J connectivity index is 1.17. The summed E-state index contributed by atoms with van der Waals surface area (Å²) in [5.41, 5.74) is 9.07. The topological polar surface area (TPSA) is 51.8 Å². The zero-order valence-electron chi connectivity index (χ0n) is 29.6. The molecule has 2 heterocycles. The summed E-state index contributed by atoms with van der Waals surface area (Å²) in [6, 6.07) is 65.8. The van der Waals surface area contributed by atoms with E-state index < -0.39 is 0 Å². The van der Waals surface area contributed by atoms with Crippen LogP contribution in [0.25, 0.3) is 111 Å². The van der Waals surface area contributed by atoms with E-state index in [0.717, 1.165) is 76.7 Å². The van der Waals surface area contributed by atoms with Crippen LogP contribution in [0.3, 0.4) is 0 Å². The van der Waals surface area contributed by atoms with Gasteiger partial charge in [0.1, 0.15) is 11.2 Å². The Morgan fingerprint density at radius 2 is 0.855 bits per heavy atom. The van der Waals surface area contributed by atoms with E-state index in [2.05, 4.69) is 164 Å². The van der Waals surface area contributed by atoms with Crippen molar-refractivity contribution in [2.75, 3.05) is 0 Å². The van der Waals surface area contributed by atoms with E-state index in [1.807, 2.05) is 24.3 Å². The molecule has 4 heteroatoms. The standard InChI is InChI=1S/C51H31N3O/c1-3-12-32(13-4-1)36-23-24-38-30-40(27-25-37(38)28-36)50-52-49(39-26-22-33-14-7-8-17-35(33)29-39)53-51(54-50)45-31-44-42-18-9-10-21-46(42)55-48(44)47-41(19-11-20-43(45)47)34-15-5-2-6-16-34/h1-31H. The molecule has 0 saturated carbocycles. The molecule has 0 unspecified atom stereocenters. The summed E-state index contributed by atoms with van der Waals surface area (Å²) in [5.74, 6) is 1.84. The Hall–Kier alpha value is -7.43. The van der Waals surface area contributed by atoms with Crippen LogP contribution >= 0.6 is 0 Å². The van der Waals surface area contributed by atoms with Gasteiger partial charge in [0.05, 0.1) is 0 Å². The van der Waals surface area contributed by atoms with E-state index in [9.17, 15) is 0 Å². The fourth-order valence-electron chi connectivity index (χ4n) is 7.96. The van der Waals surface area contributed by atoms with Crippen molar-refractivity contribution in [2.24, 2.45) is 0 Å². The molecule has 0 radical (unpaired) electrons. The Kier molecular flexibility index (Phi) is 7.14. The molecule has 0 aliphatic rings. The summed E-state index contributed by atoms with van der Waals surface area (Å²) in [7, 11) is 0. The third kappa shape index (κ3) is 5.34. The quantitative estimate of drug-likeness (QED) is 0.179. The first-order valence-corrected chi connectivity index (χ1v) is 18.5. The third-order valence-corrected chi connectivity index (χ3v) is 10.7. The summed E-state index contributed by atoms with van der Waals surface area (Å²) in [5, 5.41) is 8.71.